The molecule has 1 aliphatic heterocycles. The molecule has 24 heavy (non-hydrogen) atoms. The van der Waals surface area contributed by atoms with Gasteiger partial charge in [-0.05, 0) is 36.4 Å². The number of morpholine rings is 1. The molecule has 1 heterocycles. The highest BCUT2D eigenvalue weighted by atomic mass is 35.5. The van der Waals surface area contributed by atoms with Crippen molar-refractivity contribution in [3.05, 3.63) is 53.1 Å². The van der Waals surface area contributed by atoms with Crippen LogP contribution in [-0.2, 0) is 4.74 Å². The minimum Gasteiger partial charge on any atom is -0.497 e. The molecule has 0 unspecified atom stereocenters. The fourth-order valence-electron chi connectivity index (χ4n) is 2.62. The van der Waals surface area contributed by atoms with E-state index >= 15 is 0 Å². The Morgan fingerprint density at radius 1 is 1.17 bits per heavy atom. The van der Waals surface area contributed by atoms with Gasteiger partial charge in [0.05, 0.1) is 31.7 Å². The SMILES string of the molecule is COc1ccc(N2CCOCC2)c(NC(=O)c2ccc(Cl)cc2)c1. The molecule has 1 saturated heterocycles. The first kappa shape index (κ1) is 16.6. The molecule has 0 saturated carbocycles. The van der Waals surface area contributed by atoms with Crippen molar-refractivity contribution >= 4 is 28.9 Å². The minimum absolute atomic E-state index is 0.186. The van der Waals surface area contributed by atoms with Crippen LogP contribution in [0.3, 0.4) is 0 Å². The first-order chi connectivity index (χ1) is 11.7. The van der Waals surface area contributed by atoms with Crippen molar-refractivity contribution in [2.24, 2.45) is 0 Å². The number of hydrogen-bond donors (Lipinski definition) is 1. The van der Waals surface area contributed by atoms with E-state index in [1.165, 1.54) is 0 Å². The highest BCUT2D eigenvalue weighted by Gasteiger charge is 2.17. The third-order valence-corrected chi connectivity index (χ3v) is 4.16. The second kappa shape index (κ2) is 7.55. The minimum atomic E-state index is -0.186. The van der Waals surface area contributed by atoms with Crippen LogP contribution in [0.4, 0.5) is 11.4 Å². The number of carbonyl (C=O) groups excluding carboxylic acids is 1. The van der Waals surface area contributed by atoms with Gasteiger partial charge >= 0.3 is 0 Å². The van der Waals surface area contributed by atoms with Gasteiger partial charge in [0.25, 0.3) is 5.91 Å². The highest BCUT2D eigenvalue weighted by Crippen LogP contribution is 2.31. The number of methoxy groups -OCH3 is 1. The van der Waals surface area contributed by atoms with Crippen LogP contribution in [-0.4, -0.2) is 39.3 Å². The summed E-state index contributed by atoms with van der Waals surface area (Å²) in [6.07, 6.45) is 0. The Balaban J connectivity index is 1.86. The standard InChI is InChI=1S/C18H19ClN2O3/c1-23-15-6-7-17(21-8-10-24-11-9-21)16(12-15)20-18(22)13-2-4-14(19)5-3-13/h2-7,12H,8-11H2,1H3,(H,20,22). The van der Waals surface area contributed by atoms with Crippen LogP contribution < -0.4 is 15.0 Å². The Hall–Kier alpha value is -2.24. The van der Waals surface area contributed by atoms with Gasteiger partial charge in [0.15, 0.2) is 0 Å². The molecule has 6 heteroatoms. The molecular formula is C18H19ClN2O3. The maximum atomic E-state index is 12.5. The molecule has 3 rings (SSSR count). The topological polar surface area (TPSA) is 50.8 Å². The lowest BCUT2D eigenvalue weighted by atomic mass is 10.1. The number of ether oxygens (including phenoxy) is 2. The summed E-state index contributed by atoms with van der Waals surface area (Å²) < 4.78 is 10.7. The molecule has 1 amide bonds. The van der Waals surface area contributed by atoms with E-state index in [9.17, 15) is 4.79 Å². The maximum Gasteiger partial charge on any atom is 0.255 e. The Kier molecular flexibility index (Phi) is 5.23. The number of amides is 1. The van der Waals surface area contributed by atoms with Crippen LogP contribution in [0, 0.1) is 0 Å². The number of hydrogen-bond acceptors (Lipinski definition) is 4. The van der Waals surface area contributed by atoms with Crippen molar-refractivity contribution in [2.75, 3.05) is 43.6 Å². The van der Waals surface area contributed by atoms with Gasteiger partial charge in [0.2, 0.25) is 0 Å². The second-order valence-electron chi connectivity index (χ2n) is 5.44. The molecule has 2 aromatic rings. The number of halogens is 1. The molecule has 0 atom stereocenters. The first-order valence-corrected chi connectivity index (χ1v) is 8.13. The smallest absolute Gasteiger partial charge is 0.255 e. The number of benzene rings is 2. The van der Waals surface area contributed by atoms with E-state index in [1.807, 2.05) is 18.2 Å². The fourth-order valence-corrected chi connectivity index (χ4v) is 2.74. The zero-order valence-corrected chi connectivity index (χ0v) is 14.2. The van der Waals surface area contributed by atoms with Gasteiger partial charge in [-0.25, -0.2) is 0 Å². The molecule has 0 spiro atoms. The average Bonchev–Trinajstić information content (AvgIpc) is 2.63. The summed E-state index contributed by atoms with van der Waals surface area (Å²) >= 11 is 5.88. The molecule has 0 radical (unpaired) electrons. The van der Waals surface area contributed by atoms with E-state index in [4.69, 9.17) is 21.1 Å². The second-order valence-corrected chi connectivity index (χ2v) is 5.88. The Bertz CT molecular complexity index is 713. The van der Waals surface area contributed by atoms with Gasteiger partial charge in [-0.15, -0.1) is 0 Å². The third-order valence-electron chi connectivity index (χ3n) is 3.91. The van der Waals surface area contributed by atoms with Gasteiger partial charge in [0.1, 0.15) is 5.75 Å². The Labute approximate surface area is 146 Å². The first-order valence-electron chi connectivity index (χ1n) is 7.75. The Morgan fingerprint density at radius 2 is 1.88 bits per heavy atom. The van der Waals surface area contributed by atoms with Crippen molar-refractivity contribution in [1.82, 2.24) is 0 Å². The summed E-state index contributed by atoms with van der Waals surface area (Å²) in [6, 6.07) is 12.5. The number of rotatable bonds is 4. The zero-order valence-electron chi connectivity index (χ0n) is 13.4. The quantitative estimate of drug-likeness (QED) is 0.921. The Morgan fingerprint density at radius 3 is 2.54 bits per heavy atom. The van der Waals surface area contributed by atoms with E-state index in [2.05, 4.69) is 10.2 Å². The van der Waals surface area contributed by atoms with Gasteiger partial charge in [-0.1, -0.05) is 11.6 Å². The lowest BCUT2D eigenvalue weighted by Crippen LogP contribution is -2.36. The molecular weight excluding hydrogens is 328 g/mol. The van der Waals surface area contributed by atoms with Crippen LogP contribution in [0.15, 0.2) is 42.5 Å². The van der Waals surface area contributed by atoms with Gasteiger partial charge < -0.3 is 19.7 Å². The maximum absolute atomic E-state index is 12.5. The summed E-state index contributed by atoms with van der Waals surface area (Å²) in [5, 5.41) is 3.57. The van der Waals surface area contributed by atoms with Crippen LogP contribution in [0.25, 0.3) is 0 Å². The van der Waals surface area contributed by atoms with Gasteiger partial charge in [-0.3, -0.25) is 4.79 Å². The zero-order chi connectivity index (χ0) is 16.9. The predicted octanol–water partition coefficient (Wildman–Crippen LogP) is 3.44. The average molecular weight is 347 g/mol. The van der Waals surface area contributed by atoms with Crippen molar-refractivity contribution in [2.45, 2.75) is 0 Å². The lowest BCUT2D eigenvalue weighted by molar-refractivity contribution is 0.102. The van der Waals surface area contributed by atoms with Crippen molar-refractivity contribution in [3.63, 3.8) is 0 Å². The van der Waals surface area contributed by atoms with E-state index in [-0.39, 0.29) is 5.91 Å². The molecule has 2 aromatic carbocycles. The van der Waals surface area contributed by atoms with Crippen molar-refractivity contribution in [3.8, 4) is 5.75 Å². The molecule has 1 aliphatic rings. The van der Waals surface area contributed by atoms with Gasteiger partial charge in [0, 0.05) is 29.7 Å². The summed E-state index contributed by atoms with van der Waals surface area (Å²) in [6.45, 7) is 2.93. The molecule has 1 fully saturated rings. The number of carbonyl (C=O) groups is 1. The van der Waals surface area contributed by atoms with Crippen LogP contribution >= 0.6 is 11.6 Å². The van der Waals surface area contributed by atoms with E-state index < -0.39 is 0 Å². The number of nitrogens with zero attached hydrogens (tertiary/aromatic N) is 1. The summed E-state index contributed by atoms with van der Waals surface area (Å²) in [5.41, 5.74) is 2.23. The predicted molar refractivity (Wildman–Crippen MR) is 95.4 cm³/mol. The van der Waals surface area contributed by atoms with Crippen LogP contribution in [0.5, 0.6) is 5.75 Å². The molecule has 126 valence electrons. The molecule has 5 nitrogen and oxygen atoms in total. The molecule has 0 aromatic heterocycles. The van der Waals surface area contributed by atoms with Crippen LogP contribution in [0.2, 0.25) is 5.02 Å². The molecule has 0 bridgehead atoms. The fraction of sp³-hybridized carbons (Fsp3) is 0.278. The van der Waals surface area contributed by atoms with E-state index in [0.717, 1.165) is 24.5 Å². The summed E-state index contributed by atoms with van der Waals surface area (Å²) in [4.78, 5) is 14.7. The van der Waals surface area contributed by atoms with Gasteiger partial charge in [-0.2, -0.15) is 0 Å². The molecule has 0 aliphatic carbocycles. The summed E-state index contributed by atoms with van der Waals surface area (Å²) in [7, 11) is 1.61. The normalized spacial score (nSPS) is 14.3. The van der Waals surface area contributed by atoms with Crippen LogP contribution in [0.1, 0.15) is 10.4 Å². The van der Waals surface area contributed by atoms with E-state index in [1.54, 1.807) is 31.4 Å². The molecule has 1 N–H and O–H groups in total. The third kappa shape index (κ3) is 3.80. The highest BCUT2D eigenvalue weighted by molar-refractivity contribution is 6.30. The monoisotopic (exact) mass is 346 g/mol. The summed E-state index contributed by atoms with van der Waals surface area (Å²) in [5.74, 6) is 0.507. The largest absolute Gasteiger partial charge is 0.497 e. The van der Waals surface area contributed by atoms with Crippen molar-refractivity contribution < 1.29 is 14.3 Å². The number of nitrogens with one attached hydrogen (secondary N) is 1. The van der Waals surface area contributed by atoms with E-state index in [0.29, 0.717) is 29.5 Å². The van der Waals surface area contributed by atoms with Crippen molar-refractivity contribution in [1.29, 1.82) is 0 Å². The number of anilines is 2. The lowest BCUT2D eigenvalue weighted by Gasteiger charge is -2.30.